The van der Waals surface area contributed by atoms with Crippen LogP contribution in [0.1, 0.15) is 55.9 Å². The molecule has 41 heavy (non-hydrogen) atoms. The van der Waals surface area contributed by atoms with Gasteiger partial charge >= 0.3 is 0 Å². The molecule has 0 fully saturated rings. The molecule has 9 nitrogen and oxygen atoms in total. The third kappa shape index (κ3) is 6.04. The van der Waals surface area contributed by atoms with Crippen molar-refractivity contribution in [1.29, 1.82) is 5.26 Å². The number of benzene rings is 2. The smallest absolute Gasteiger partial charge is 0.296 e. The molecule has 4 rings (SSSR count). The Bertz CT molecular complexity index is 1800. The molecular formula is C30H29FN4O5S. The Morgan fingerprint density at radius 1 is 1.10 bits per heavy atom. The first-order valence-electron chi connectivity index (χ1n) is 12.9. The van der Waals surface area contributed by atoms with E-state index in [9.17, 15) is 28.0 Å². The quantitative estimate of drug-likeness (QED) is 0.272. The summed E-state index contributed by atoms with van der Waals surface area (Å²) in [6, 6.07) is 16.5. The molecule has 0 aliphatic heterocycles. The van der Waals surface area contributed by atoms with Crippen LogP contribution in [-0.4, -0.2) is 34.2 Å². The highest BCUT2D eigenvalue weighted by molar-refractivity contribution is 7.91. The van der Waals surface area contributed by atoms with Crippen LogP contribution in [-0.2, 0) is 21.2 Å². The molecule has 0 unspecified atom stereocenters. The number of ether oxygens (including phenoxy) is 1. The number of nitrogens with zero attached hydrogens (tertiary/aromatic N) is 4. The Morgan fingerprint density at radius 2 is 1.80 bits per heavy atom. The van der Waals surface area contributed by atoms with E-state index in [4.69, 9.17) is 4.74 Å². The topological polar surface area (TPSA) is 135 Å². The van der Waals surface area contributed by atoms with Gasteiger partial charge in [0.15, 0.2) is 4.90 Å². The standard InChI is InChI=1S/C30H29FN4O5S/c1-5-25(22-8-6-7-20(15-22)16-32)35-27(17-40-18(2)3)34-29(36)28(30(35)37)41(38,39)23-11-9-21(10-12-23)24-13-14-26(31)33-19(24)4/h6-15,18,25,37H,5,17H2,1-4H3/t25-/m0/s1. The molecule has 212 valence electrons. The zero-order valence-electron chi connectivity index (χ0n) is 23.0. The van der Waals surface area contributed by atoms with Crippen molar-refractivity contribution in [1.82, 2.24) is 14.5 Å². The summed E-state index contributed by atoms with van der Waals surface area (Å²) >= 11 is 0. The molecule has 0 saturated carbocycles. The number of aryl methyl sites for hydroxylation is 1. The van der Waals surface area contributed by atoms with Gasteiger partial charge in [-0.2, -0.15) is 14.6 Å². The van der Waals surface area contributed by atoms with Crippen LogP contribution in [0, 0.1) is 24.2 Å². The molecule has 4 aromatic rings. The van der Waals surface area contributed by atoms with Crippen LogP contribution in [0.15, 0.2) is 75.2 Å². The van der Waals surface area contributed by atoms with Crippen molar-refractivity contribution in [3.63, 3.8) is 0 Å². The lowest BCUT2D eigenvalue weighted by Gasteiger charge is -2.25. The molecule has 0 bridgehead atoms. The zero-order valence-corrected chi connectivity index (χ0v) is 23.8. The molecule has 2 heterocycles. The fourth-order valence-corrected chi connectivity index (χ4v) is 5.95. The van der Waals surface area contributed by atoms with Crippen molar-refractivity contribution < 1.29 is 22.7 Å². The van der Waals surface area contributed by atoms with Crippen molar-refractivity contribution in [3.05, 3.63) is 99.6 Å². The molecule has 1 atom stereocenters. The van der Waals surface area contributed by atoms with E-state index in [-0.39, 0.29) is 23.4 Å². The molecule has 0 aliphatic rings. The van der Waals surface area contributed by atoms with Gasteiger partial charge in [0.2, 0.25) is 21.7 Å². The number of nitriles is 1. The minimum absolute atomic E-state index is 0.0454. The van der Waals surface area contributed by atoms with E-state index >= 15 is 0 Å². The normalized spacial score (nSPS) is 12.3. The van der Waals surface area contributed by atoms with Gasteiger partial charge in [-0.1, -0.05) is 31.2 Å². The molecule has 2 aromatic heterocycles. The Morgan fingerprint density at radius 3 is 2.41 bits per heavy atom. The molecule has 1 N–H and O–H groups in total. The van der Waals surface area contributed by atoms with Crippen molar-refractivity contribution in [3.8, 4) is 23.1 Å². The lowest BCUT2D eigenvalue weighted by atomic mass is 10.0. The number of pyridine rings is 1. The summed E-state index contributed by atoms with van der Waals surface area (Å²) in [5, 5.41) is 20.9. The molecule has 11 heteroatoms. The highest BCUT2D eigenvalue weighted by atomic mass is 32.2. The average molecular weight is 577 g/mol. The number of rotatable bonds is 9. The average Bonchev–Trinajstić information content (AvgIpc) is 2.93. The van der Waals surface area contributed by atoms with E-state index in [1.165, 1.54) is 34.9 Å². The van der Waals surface area contributed by atoms with Crippen LogP contribution >= 0.6 is 0 Å². The maximum Gasteiger partial charge on any atom is 0.296 e. The van der Waals surface area contributed by atoms with Crippen LogP contribution in [0.5, 0.6) is 5.88 Å². The molecule has 2 aromatic carbocycles. The minimum Gasteiger partial charge on any atom is -0.493 e. The van der Waals surface area contributed by atoms with Gasteiger partial charge in [0.25, 0.3) is 5.56 Å². The Balaban J connectivity index is 1.87. The Hall–Kier alpha value is -4.40. The summed E-state index contributed by atoms with van der Waals surface area (Å²) in [4.78, 5) is 19.9. The van der Waals surface area contributed by atoms with Gasteiger partial charge in [0, 0.05) is 11.3 Å². The largest absolute Gasteiger partial charge is 0.493 e. The van der Waals surface area contributed by atoms with E-state index < -0.39 is 38.2 Å². The van der Waals surface area contributed by atoms with Gasteiger partial charge in [0.1, 0.15) is 12.4 Å². The molecular weight excluding hydrogens is 547 g/mol. The molecule has 0 aliphatic carbocycles. The fraction of sp³-hybridized carbons (Fsp3) is 0.267. The van der Waals surface area contributed by atoms with E-state index in [1.54, 1.807) is 51.1 Å². The van der Waals surface area contributed by atoms with Crippen molar-refractivity contribution in [2.45, 2.75) is 62.7 Å². The first kappa shape index (κ1) is 29.6. The van der Waals surface area contributed by atoms with Crippen LogP contribution in [0.2, 0.25) is 0 Å². The highest BCUT2D eigenvalue weighted by Crippen LogP contribution is 2.34. The third-order valence-corrected chi connectivity index (χ3v) is 8.36. The summed E-state index contributed by atoms with van der Waals surface area (Å²) in [5.74, 6) is -1.36. The van der Waals surface area contributed by atoms with Gasteiger partial charge in [-0.15, -0.1) is 0 Å². The van der Waals surface area contributed by atoms with Gasteiger partial charge in [0.05, 0.1) is 28.7 Å². The molecule has 0 amide bonds. The predicted octanol–water partition coefficient (Wildman–Crippen LogP) is 5.09. The summed E-state index contributed by atoms with van der Waals surface area (Å²) in [6.07, 6.45) is 0.146. The Kier molecular flexibility index (Phi) is 8.66. The third-order valence-electron chi connectivity index (χ3n) is 6.58. The molecule has 0 spiro atoms. The Labute approximate surface area is 237 Å². The van der Waals surface area contributed by atoms with Gasteiger partial charge < -0.3 is 9.84 Å². The summed E-state index contributed by atoms with van der Waals surface area (Å²) < 4.78 is 47.9. The first-order chi connectivity index (χ1) is 19.5. The van der Waals surface area contributed by atoms with Gasteiger partial charge in [-0.25, -0.2) is 13.4 Å². The zero-order chi connectivity index (χ0) is 29.9. The summed E-state index contributed by atoms with van der Waals surface area (Å²) in [5.41, 5.74) is 1.52. The van der Waals surface area contributed by atoms with Crippen LogP contribution in [0.25, 0.3) is 11.1 Å². The second-order valence-corrected chi connectivity index (χ2v) is 11.6. The predicted molar refractivity (Wildman–Crippen MR) is 149 cm³/mol. The summed E-state index contributed by atoms with van der Waals surface area (Å²) in [7, 11) is -4.54. The van der Waals surface area contributed by atoms with Crippen molar-refractivity contribution >= 4 is 9.84 Å². The second kappa shape index (κ2) is 12.0. The maximum absolute atomic E-state index is 13.8. The SMILES string of the molecule is CC[C@@H](c1cccc(C#N)c1)n1c(COC(C)C)nc(=O)c(S(=O)(=O)c2ccc(-c3ccc(F)nc3C)cc2)c1O. The number of hydrogen-bond donors (Lipinski definition) is 1. The monoisotopic (exact) mass is 576 g/mol. The first-order valence-corrected chi connectivity index (χ1v) is 14.4. The van der Waals surface area contributed by atoms with Crippen LogP contribution in [0.3, 0.4) is 0 Å². The van der Waals surface area contributed by atoms with E-state index in [2.05, 4.69) is 16.0 Å². The number of aromatic hydroxyl groups is 1. The fourth-order valence-electron chi connectivity index (χ4n) is 4.60. The number of aromatic nitrogens is 3. The van der Waals surface area contributed by atoms with Crippen LogP contribution < -0.4 is 5.56 Å². The maximum atomic E-state index is 13.8. The van der Waals surface area contributed by atoms with Crippen molar-refractivity contribution in [2.24, 2.45) is 0 Å². The highest BCUT2D eigenvalue weighted by Gasteiger charge is 2.32. The lowest BCUT2D eigenvalue weighted by molar-refractivity contribution is 0.0571. The number of hydrogen-bond acceptors (Lipinski definition) is 8. The lowest BCUT2D eigenvalue weighted by Crippen LogP contribution is -2.28. The summed E-state index contributed by atoms with van der Waals surface area (Å²) in [6.45, 7) is 6.89. The van der Waals surface area contributed by atoms with Gasteiger partial charge in [-0.05, 0) is 74.7 Å². The van der Waals surface area contributed by atoms with E-state index in [0.29, 0.717) is 34.4 Å². The van der Waals surface area contributed by atoms with Gasteiger partial charge in [-0.3, -0.25) is 9.36 Å². The van der Waals surface area contributed by atoms with Crippen molar-refractivity contribution in [2.75, 3.05) is 0 Å². The number of halogens is 1. The molecule has 0 radical (unpaired) electrons. The second-order valence-electron chi connectivity index (χ2n) is 9.67. The molecule has 0 saturated heterocycles. The number of sulfone groups is 1. The van der Waals surface area contributed by atoms with E-state index in [0.717, 1.165) is 0 Å². The van der Waals surface area contributed by atoms with E-state index in [1.807, 2.05) is 6.92 Å². The minimum atomic E-state index is -4.54. The van der Waals surface area contributed by atoms with Crippen LogP contribution in [0.4, 0.5) is 4.39 Å².